The fourth-order valence-electron chi connectivity index (χ4n) is 2.67. The Morgan fingerprint density at radius 1 is 1.26 bits per heavy atom. The Morgan fingerprint density at radius 3 is 2.78 bits per heavy atom. The predicted molar refractivity (Wildman–Crippen MR) is 106 cm³/mol. The largest absolute Gasteiger partial charge is 0.494 e. The van der Waals surface area contributed by atoms with Crippen LogP contribution in [-0.2, 0) is 0 Å². The summed E-state index contributed by atoms with van der Waals surface area (Å²) in [5.41, 5.74) is 5.32. The lowest BCUT2D eigenvalue weighted by Crippen LogP contribution is -2.20. The number of hydrazone groups is 1. The van der Waals surface area contributed by atoms with Gasteiger partial charge in [0.15, 0.2) is 0 Å². The fraction of sp³-hybridized carbons (Fsp3) is 0.286. The summed E-state index contributed by atoms with van der Waals surface area (Å²) in [6.07, 6.45) is 4.44. The summed E-state index contributed by atoms with van der Waals surface area (Å²) in [6, 6.07) is 13.2. The van der Waals surface area contributed by atoms with Crippen LogP contribution in [0.2, 0.25) is 0 Å². The summed E-state index contributed by atoms with van der Waals surface area (Å²) in [5.74, 6) is 1.16. The molecule has 1 N–H and O–H groups in total. The molecule has 0 aliphatic heterocycles. The molecule has 27 heavy (non-hydrogen) atoms. The molecule has 1 amide bonds. The van der Waals surface area contributed by atoms with Gasteiger partial charge in [-0.05, 0) is 61.2 Å². The highest BCUT2D eigenvalue weighted by atomic mass is 16.5. The number of nitrogens with one attached hydrogen (secondary N) is 1. The summed E-state index contributed by atoms with van der Waals surface area (Å²) < 4.78 is 7.45. The molecule has 0 unspecified atom stereocenters. The highest BCUT2D eigenvalue weighted by Crippen LogP contribution is 2.13. The maximum atomic E-state index is 12.5. The first kappa shape index (κ1) is 18.6. The summed E-state index contributed by atoms with van der Waals surface area (Å²) in [4.78, 5) is 16.8. The Bertz CT molecular complexity index is 942. The molecule has 0 saturated carbocycles. The Labute approximate surface area is 158 Å². The van der Waals surface area contributed by atoms with Gasteiger partial charge in [-0.25, -0.2) is 10.4 Å². The number of benzene rings is 1. The average Bonchev–Trinajstić information content (AvgIpc) is 2.98. The van der Waals surface area contributed by atoms with Crippen LogP contribution in [0.25, 0.3) is 5.65 Å². The third kappa shape index (κ3) is 4.73. The number of hydrogen-bond donors (Lipinski definition) is 1. The number of aryl methyl sites for hydroxylation is 1. The average molecular weight is 364 g/mol. The van der Waals surface area contributed by atoms with Gasteiger partial charge in [-0.2, -0.15) is 5.10 Å². The molecule has 0 spiro atoms. The summed E-state index contributed by atoms with van der Waals surface area (Å²) >= 11 is 0. The molecule has 0 saturated heterocycles. The number of ether oxygens (including phenoxy) is 1. The molecular weight excluding hydrogens is 340 g/mol. The van der Waals surface area contributed by atoms with E-state index in [0.29, 0.717) is 23.9 Å². The predicted octanol–water partition coefficient (Wildman–Crippen LogP) is 3.83. The molecule has 6 nitrogen and oxygen atoms in total. The van der Waals surface area contributed by atoms with Gasteiger partial charge in [-0.3, -0.25) is 9.20 Å². The molecule has 1 aromatic carbocycles. The van der Waals surface area contributed by atoms with Gasteiger partial charge >= 0.3 is 0 Å². The van der Waals surface area contributed by atoms with Crippen molar-refractivity contribution in [1.29, 1.82) is 0 Å². The zero-order valence-electron chi connectivity index (χ0n) is 15.8. The number of nitrogens with zero attached hydrogens (tertiary/aromatic N) is 3. The molecule has 0 atom stereocenters. The standard InChI is InChI=1S/C21H24N4O2/c1-15(2)11-13-27-18-9-7-17(8-10-18)14-22-24-21(26)20-16(3)23-19-6-4-5-12-25(19)20/h4-10,12,14-15H,11,13H2,1-3H3,(H,24,26)/b22-14-. The molecular formula is C21H24N4O2. The lowest BCUT2D eigenvalue weighted by atomic mass is 10.1. The van der Waals surface area contributed by atoms with Gasteiger partial charge < -0.3 is 4.74 Å². The molecule has 0 fully saturated rings. The van der Waals surface area contributed by atoms with Crippen molar-refractivity contribution < 1.29 is 9.53 Å². The van der Waals surface area contributed by atoms with E-state index in [1.54, 1.807) is 10.6 Å². The second-order valence-electron chi connectivity index (χ2n) is 6.77. The number of carbonyl (C=O) groups excluding carboxylic acids is 1. The van der Waals surface area contributed by atoms with Crippen LogP contribution >= 0.6 is 0 Å². The van der Waals surface area contributed by atoms with Crippen molar-refractivity contribution in [1.82, 2.24) is 14.8 Å². The van der Waals surface area contributed by atoms with Gasteiger partial charge in [0.25, 0.3) is 5.91 Å². The SMILES string of the molecule is Cc1nc2ccccn2c1C(=O)N/N=C\c1ccc(OCCC(C)C)cc1. The topological polar surface area (TPSA) is 68.0 Å². The lowest BCUT2D eigenvalue weighted by molar-refractivity contribution is 0.0948. The van der Waals surface area contributed by atoms with Crippen LogP contribution in [0.15, 0.2) is 53.8 Å². The van der Waals surface area contributed by atoms with Gasteiger partial charge in [0.2, 0.25) is 0 Å². The smallest absolute Gasteiger partial charge is 0.290 e. The summed E-state index contributed by atoms with van der Waals surface area (Å²) in [5, 5.41) is 4.05. The Kier molecular flexibility index (Phi) is 5.86. The monoisotopic (exact) mass is 364 g/mol. The molecule has 3 aromatic rings. The molecule has 2 heterocycles. The molecule has 3 rings (SSSR count). The molecule has 0 aliphatic rings. The van der Waals surface area contributed by atoms with Crippen molar-refractivity contribution in [2.75, 3.05) is 6.61 Å². The normalized spacial score (nSPS) is 11.4. The van der Waals surface area contributed by atoms with E-state index in [1.165, 1.54) is 0 Å². The van der Waals surface area contributed by atoms with Gasteiger partial charge in [0.05, 0.1) is 18.5 Å². The minimum Gasteiger partial charge on any atom is -0.494 e. The maximum absolute atomic E-state index is 12.5. The quantitative estimate of drug-likeness (QED) is 0.512. The maximum Gasteiger partial charge on any atom is 0.290 e. The molecule has 140 valence electrons. The zero-order valence-corrected chi connectivity index (χ0v) is 15.8. The molecule has 0 aliphatic carbocycles. The van der Waals surface area contributed by atoms with Gasteiger partial charge in [0, 0.05) is 6.20 Å². The van der Waals surface area contributed by atoms with E-state index < -0.39 is 0 Å². The van der Waals surface area contributed by atoms with Crippen molar-refractivity contribution in [3.8, 4) is 5.75 Å². The van der Waals surface area contributed by atoms with E-state index >= 15 is 0 Å². The van der Waals surface area contributed by atoms with E-state index in [0.717, 1.165) is 23.4 Å². The van der Waals surface area contributed by atoms with Gasteiger partial charge in [0.1, 0.15) is 17.1 Å². The number of rotatable bonds is 7. The van der Waals surface area contributed by atoms with Crippen molar-refractivity contribution in [2.24, 2.45) is 11.0 Å². The molecule has 0 radical (unpaired) electrons. The Morgan fingerprint density at radius 2 is 2.04 bits per heavy atom. The number of aromatic nitrogens is 2. The summed E-state index contributed by atoms with van der Waals surface area (Å²) in [6.45, 7) is 6.86. The highest BCUT2D eigenvalue weighted by Gasteiger charge is 2.15. The van der Waals surface area contributed by atoms with Crippen LogP contribution in [0.5, 0.6) is 5.75 Å². The van der Waals surface area contributed by atoms with Crippen molar-refractivity contribution in [3.05, 3.63) is 65.6 Å². The van der Waals surface area contributed by atoms with Crippen LogP contribution in [0.4, 0.5) is 0 Å². The lowest BCUT2D eigenvalue weighted by Gasteiger charge is -2.07. The second-order valence-corrected chi connectivity index (χ2v) is 6.77. The van der Waals surface area contributed by atoms with Crippen LogP contribution in [0.1, 0.15) is 42.0 Å². The third-order valence-electron chi connectivity index (χ3n) is 4.14. The van der Waals surface area contributed by atoms with Gasteiger partial charge in [-0.1, -0.05) is 19.9 Å². The van der Waals surface area contributed by atoms with E-state index in [4.69, 9.17) is 4.74 Å². The number of imidazole rings is 1. The first-order valence-electron chi connectivity index (χ1n) is 9.04. The van der Waals surface area contributed by atoms with Crippen LogP contribution in [0, 0.1) is 12.8 Å². The van der Waals surface area contributed by atoms with E-state index in [2.05, 4.69) is 29.4 Å². The number of carbonyl (C=O) groups is 1. The summed E-state index contributed by atoms with van der Waals surface area (Å²) in [7, 11) is 0. The van der Waals surface area contributed by atoms with Crippen molar-refractivity contribution in [2.45, 2.75) is 27.2 Å². The number of amides is 1. The molecule has 0 bridgehead atoms. The first-order valence-corrected chi connectivity index (χ1v) is 9.04. The Balaban J connectivity index is 1.60. The highest BCUT2D eigenvalue weighted by molar-refractivity contribution is 5.95. The first-order chi connectivity index (χ1) is 13.0. The van der Waals surface area contributed by atoms with Crippen LogP contribution in [0.3, 0.4) is 0 Å². The number of hydrogen-bond acceptors (Lipinski definition) is 4. The van der Waals surface area contributed by atoms with E-state index in [-0.39, 0.29) is 5.91 Å². The van der Waals surface area contributed by atoms with Crippen molar-refractivity contribution in [3.63, 3.8) is 0 Å². The third-order valence-corrected chi connectivity index (χ3v) is 4.14. The van der Waals surface area contributed by atoms with Crippen LogP contribution < -0.4 is 10.2 Å². The molecule has 2 aromatic heterocycles. The Hall–Kier alpha value is -3.15. The minimum absolute atomic E-state index is 0.295. The minimum atomic E-state index is -0.295. The van der Waals surface area contributed by atoms with Crippen LogP contribution in [-0.4, -0.2) is 28.1 Å². The number of pyridine rings is 1. The second kappa shape index (κ2) is 8.49. The fourth-order valence-corrected chi connectivity index (χ4v) is 2.67. The van der Waals surface area contributed by atoms with Crippen molar-refractivity contribution >= 4 is 17.8 Å². The number of fused-ring (bicyclic) bond motifs is 1. The zero-order chi connectivity index (χ0) is 19.2. The van der Waals surface area contributed by atoms with Gasteiger partial charge in [-0.15, -0.1) is 0 Å². The van der Waals surface area contributed by atoms with E-state index in [9.17, 15) is 4.79 Å². The molecule has 6 heteroatoms. The van der Waals surface area contributed by atoms with E-state index in [1.807, 2.05) is 55.6 Å².